The van der Waals surface area contributed by atoms with E-state index in [1.165, 1.54) is 35.2 Å². The molecule has 3 aliphatic heterocycles. The van der Waals surface area contributed by atoms with Crippen molar-refractivity contribution in [1.29, 1.82) is 0 Å². The van der Waals surface area contributed by atoms with E-state index < -0.39 is 18.0 Å². The number of quaternary nitrogens is 1. The standard InChI is InChI=1S/C25H30BrFN2O3S2.CH2O2/c1-16-14-19(4-5-20(16)27)25(32,22-6-7-23(26)34-22)24(31)28-21-15-29(10-3-13-33-17(2)30)11-8-18(21)9-12-29;2-1-3/h4-7,14,18,21,32H,3,8-13,15H2,1-2H3;1H,(H,2,3)/t18?,21-,25?,29?;/m0./s1. The maximum absolute atomic E-state index is 14.0. The maximum Gasteiger partial charge on any atom is 0.262 e. The fraction of sp³-hybridized carbons (Fsp3) is 0.500. The number of nitrogens with zero attached hydrogens (tertiary/aromatic N) is 1. The number of piperidine rings is 3. The molecule has 5 rings (SSSR count). The molecule has 1 unspecified atom stereocenters. The highest BCUT2D eigenvalue weighted by Crippen LogP contribution is 2.39. The molecule has 11 heteroatoms. The van der Waals surface area contributed by atoms with E-state index in [-0.39, 0.29) is 17.0 Å². The summed E-state index contributed by atoms with van der Waals surface area (Å²) in [5.41, 5.74) is -1.15. The van der Waals surface area contributed by atoms with Gasteiger partial charge in [-0.05, 0) is 64.2 Å². The van der Waals surface area contributed by atoms with Gasteiger partial charge in [-0.3, -0.25) is 9.59 Å². The Bertz CT molecular complexity index is 1120. The zero-order valence-electron chi connectivity index (χ0n) is 20.9. The van der Waals surface area contributed by atoms with Gasteiger partial charge >= 0.3 is 0 Å². The van der Waals surface area contributed by atoms with Gasteiger partial charge in [0.15, 0.2) is 5.12 Å². The van der Waals surface area contributed by atoms with Crippen LogP contribution >= 0.6 is 39.0 Å². The Kier molecular flexibility index (Phi) is 10.3. The number of fused-ring (bicyclic) bond motifs is 3. The van der Waals surface area contributed by atoms with Crippen LogP contribution in [0, 0.1) is 18.7 Å². The van der Waals surface area contributed by atoms with Crippen LogP contribution in [0.3, 0.4) is 0 Å². The van der Waals surface area contributed by atoms with Gasteiger partial charge in [0.25, 0.3) is 5.91 Å². The lowest BCUT2D eigenvalue weighted by molar-refractivity contribution is -0.943. The summed E-state index contributed by atoms with van der Waals surface area (Å²) in [5, 5.41) is 23.5. The number of hydrogen-bond donors (Lipinski definition) is 2. The molecule has 1 aromatic carbocycles. The van der Waals surface area contributed by atoms with E-state index in [0.29, 0.717) is 21.9 Å². The Hall–Kier alpha value is -1.79. The van der Waals surface area contributed by atoms with E-state index in [1.54, 1.807) is 26.0 Å². The van der Waals surface area contributed by atoms with E-state index in [9.17, 15) is 19.1 Å². The quantitative estimate of drug-likeness (QED) is 0.269. The van der Waals surface area contributed by atoms with Crippen molar-refractivity contribution in [3.63, 3.8) is 0 Å². The summed E-state index contributed by atoms with van der Waals surface area (Å²) in [7, 11) is 0. The predicted octanol–water partition coefficient (Wildman–Crippen LogP) is 2.96. The van der Waals surface area contributed by atoms with Crippen molar-refractivity contribution in [2.45, 2.75) is 44.8 Å². The van der Waals surface area contributed by atoms with Crippen molar-refractivity contribution in [1.82, 2.24) is 5.32 Å². The monoisotopic (exact) mass is 614 g/mol. The minimum atomic E-state index is -1.90. The largest absolute Gasteiger partial charge is 0.554 e. The first-order chi connectivity index (χ1) is 17.5. The maximum atomic E-state index is 14.0. The molecule has 3 saturated heterocycles. The molecule has 1 amide bonds. The number of aliphatic hydroxyl groups is 1. The second-order valence-corrected chi connectivity index (χ2v) is 13.4. The van der Waals surface area contributed by atoms with Gasteiger partial charge in [-0.1, -0.05) is 17.8 Å². The van der Waals surface area contributed by atoms with Gasteiger partial charge in [-0.25, -0.2) is 4.39 Å². The molecule has 7 nitrogen and oxygen atoms in total. The highest BCUT2D eigenvalue weighted by Gasteiger charge is 2.49. The van der Waals surface area contributed by atoms with Gasteiger partial charge in [0, 0.05) is 38.4 Å². The highest BCUT2D eigenvalue weighted by atomic mass is 79.9. The van der Waals surface area contributed by atoms with Crippen LogP contribution in [0.5, 0.6) is 0 Å². The topological polar surface area (TPSA) is 107 Å². The third-order valence-corrected chi connectivity index (χ3v) is 9.97. The Labute approximate surface area is 233 Å². The zero-order valence-corrected chi connectivity index (χ0v) is 24.1. The van der Waals surface area contributed by atoms with Gasteiger partial charge in [0.05, 0.1) is 40.9 Å². The van der Waals surface area contributed by atoms with E-state index in [4.69, 9.17) is 9.90 Å². The Balaban J connectivity index is 0.00000121. The van der Waals surface area contributed by atoms with Crippen molar-refractivity contribution in [2.24, 2.45) is 5.92 Å². The minimum absolute atomic E-state index is 0.0214. The third-order valence-electron chi connectivity index (χ3n) is 7.33. The van der Waals surface area contributed by atoms with Crippen LogP contribution in [0.4, 0.5) is 4.39 Å². The van der Waals surface area contributed by atoms with E-state index in [1.807, 2.05) is 6.07 Å². The molecule has 0 aliphatic carbocycles. The minimum Gasteiger partial charge on any atom is -0.554 e. The van der Waals surface area contributed by atoms with E-state index in [2.05, 4.69) is 21.2 Å². The predicted molar refractivity (Wildman–Crippen MR) is 144 cm³/mol. The highest BCUT2D eigenvalue weighted by molar-refractivity contribution is 9.11. The molecule has 4 heterocycles. The van der Waals surface area contributed by atoms with Gasteiger partial charge in [0.2, 0.25) is 5.60 Å². The summed E-state index contributed by atoms with van der Waals surface area (Å²) >= 11 is 6.11. The van der Waals surface area contributed by atoms with Crippen LogP contribution in [0.1, 0.15) is 42.2 Å². The summed E-state index contributed by atoms with van der Waals surface area (Å²) in [6.07, 6.45) is 3.06. The molecular formula is C26H32BrFN2O5S2. The molecule has 3 aliphatic rings. The van der Waals surface area contributed by atoms with Crippen molar-refractivity contribution in [3.8, 4) is 0 Å². The number of thiophene rings is 1. The number of benzene rings is 1. The first kappa shape index (κ1) is 29.8. The number of carbonyl (C=O) groups excluding carboxylic acids is 3. The molecule has 2 atom stereocenters. The SMILES string of the molecule is CC(=O)SCCC[N+]12CCC(CC1)[C@@H](NC(=O)C(O)(c1ccc(F)c(C)c1)c1ccc(Br)s1)C2.O=C[O-]. The van der Waals surface area contributed by atoms with E-state index in [0.717, 1.165) is 59.5 Å². The normalized spacial score (nSPS) is 23.9. The number of amides is 1. The summed E-state index contributed by atoms with van der Waals surface area (Å²) in [6.45, 7) is 6.77. The average molecular weight is 616 g/mol. The zero-order chi connectivity index (χ0) is 27.2. The second-order valence-electron chi connectivity index (χ2n) is 9.68. The van der Waals surface area contributed by atoms with Crippen LogP contribution in [0.25, 0.3) is 0 Å². The lowest BCUT2D eigenvalue weighted by atomic mass is 9.80. The molecule has 2 bridgehead atoms. The second kappa shape index (κ2) is 12.8. The molecule has 1 aromatic heterocycles. The molecule has 3 fully saturated rings. The molecule has 0 saturated carbocycles. The summed E-state index contributed by atoms with van der Waals surface area (Å²) in [6, 6.07) is 7.88. The van der Waals surface area contributed by atoms with Crippen molar-refractivity contribution in [2.75, 3.05) is 31.9 Å². The molecule has 0 radical (unpaired) electrons. The van der Waals surface area contributed by atoms with Crippen LogP contribution in [-0.4, -0.2) is 65.1 Å². The van der Waals surface area contributed by atoms with Gasteiger partial charge < -0.3 is 24.8 Å². The van der Waals surface area contributed by atoms with E-state index >= 15 is 0 Å². The molecule has 202 valence electrons. The fourth-order valence-electron chi connectivity index (χ4n) is 5.42. The molecular weight excluding hydrogens is 583 g/mol. The lowest BCUT2D eigenvalue weighted by Crippen LogP contribution is -2.68. The van der Waals surface area contributed by atoms with Crippen LogP contribution < -0.4 is 10.4 Å². The van der Waals surface area contributed by atoms with Crippen molar-refractivity contribution in [3.05, 3.63) is 55.9 Å². The van der Waals surface area contributed by atoms with Crippen LogP contribution in [0.2, 0.25) is 0 Å². The van der Waals surface area contributed by atoms with Gasteiger partial charge in [0.1, 0.15) is 5.82 Å². The van der Waals surface area contributed by atoms with Crippen molar-refractivity contribution < 1.29 is 33.5 Å². The average Bonchev–Trinajstić information content (AvgIpc) is 3.31. The first-order valence-corrected chi connectivity index (χ1v) is 14.7. The summed E-state index contributed by atoms with van der Waals surface area (Å²) in [5.74, 6) is 0.388. The Morgan fingerprint density at radius 1 is 1.32 bits per heavy atom. The number of thioether (sulfide) groups is 1. The number of carbonyl (C=O) groups is 3. The number of rotatable bonds is 8. The lowest BCUT2D eigenvalue weighted by Gasteiger charge is -2.53. The molecule has 37 heavy (non-hydrogen) atoms. The smallest absolute Gasteiger partial charge is 0.262 e. The Morgan fingerprint density at radius 3 is 2.57 bits per heavy atom. The number of hydrogen-bond acceptors (Lipinski definition) is 7. The van der Waals surface area contributed by atoms with Crippen LogP contribution in [-0.2, 0) is 20.0 Å². The number of nitrogens with one attached hydrogen (secondary N) is 1. The van der Waals surface area contributed by atoms with Crippen LogP contribution in [0.15, 0.2) is 34.1 Å². The molecule has 0 spiro atoms. The number of aryl methyl sites for hydroxylation is 1. The fourth-order valence-corrected chi connectivity index (χ4v) is 7.47. The Morgan fingerprint density at radius 2 is 2.00 bits per heavy atom. The molecule has 2 N–H and O–H groups in total. The van der Waals surface area contributed by atoms with Crippen molar-refractivity contribution >= 4 is 56.5 Å². The summed E-state index contributed by atoms with van der Waals surface area (Å²) in [4.78, 5) is 33.7. The van der Waals surface area contributed by atoms with Gasteiger partial charge in [-0.2, -0.15) is 0 Å². The number of carboxylic acid groups (broad SMARTS) is 1. The molecule has 2 aromatic rings. The van der Waals surface area contributed by atoms with Gasteiger partial charge in [-0.15, -0.1) is 11.3 Å². The summed E-state index contributed by atoms with van der Waals surface area (Å²) < 4.78 is 15.7. The first-order valence-electron chi connectivity index (χ1n) is 12.1. The number of halogens is 2. The third kappa shape index (κ3) is 7.00.